The number of carbonyl (C=O) groups excluding carboxylic acids is 1. The average Bonchev–Trinajstić information content (AvgIpc) is 2.26. The van der Waals surface area contributed by atoms with Gasteiger partial charge in [-0.25, -0.2) is 9.18 Å². The highest BCUT2D eigenvalue weighted by molar-refractivity contribution is 5.68. The number of benzene rings is 1. The van der Waals surface area contributed by atoms with E-state index < -0.39 is 23.6 Å². The normalized spacial score (nSPS) is 12.4. The van der Waals surface area contributed by atoms with E-state index in [0.717, 1.165) is 0 Å². The smallest absolute Gasteiger partial charge is 0.408 e. The molecule has 0 bridgehead atoms. The Balaban J connectivity index is 2.79. The Morgan fingerprint density at radius 2 is 2.21 bits per heavy atom. The molecule has 0 spiro atoms. The zero-order valence-electron chi connectivity index (χ0n) is 11.2. The quantitative estimate of drug-likeness (QED) is 0.911. The Bertz CT molecular complexity index is 489. The van der Waals surface area contributed by atoms with Gasteiger partial charge in [0.25, 0.3) is 0 Å². The average molecular weight is 264 g/mol. The Hall–Kier alpha value is -2.09. The van der Waals surface area contributed by atoms with Crippen LogP contribution in [-0.2, 0) is 4.74 Å². The SMILES string of the molecule is CC(C)(C)OC(=O)NC(CC#N)c1cccc(F)c1. The summed E-state index contributed by atoms with van der Waals surface area (Å²) in [5, 5.41) is 11.3. The molecule has 0 saturated heterocycles. The first-order valence-corrected chi connectivity index (χ1v) is 5.94. The molecule has 0 heterocycles. The van der Waals surface area contributed by atoms with Gasteiger partial charge in [0.2, 0.25) is 0 Å². The molecular formula is C14H17FN2O2. The second-order valence-corrected chi connectivity index (χ2v) is 5.12. The maximum absolute atomic E-state index is 13.1. The summed E-state index contributed by atoms with van der Waals surface area (Å²) in [4.78, 5) is 11.7. The van der Waals surface area contributed by atoms with Crippen LogP contribution in [-0.4, -0.2) is 11.7 Å². The highest BCUT2D eigenvalue weighted by Crippen LogP contribution is 2.18. The standard InChI is InChI=1S/C14H17FN2O2/c1-14(2,3)19-13(18)17-12(7-8-16)10-5-4-6-11(15)9-10/h4-6,9,12H,7H2,1-3H3,(H,17,18). The fraction of sp³-hybridized carbons (Fsp3) is 0.429. The predicted molar refractivity (Wildman–Crippen MR) is 68.7 cm³/mol. The van der Waals surface area contributed by atoms with E-state index >= 15 is 0 Å². The Morgan fingerprint density at radius 3 is 2.74 bits per heavy atom. The molecule has 0 aromatic heterocycles. The minimum Gasteiger partial charge on any atom is -0.444 e. The number of alkyl carbamates (subject to hydrolysis) is 1. The third-order valence-electron chi connectivity index (χ3n) is 2.24. The molecule has 1 aromatic rings. The molecule has 1 N–H and O–H groups in total. The summed E-state index contributed by atoms with van der Waals surface area (Å²) in [5.41, 5.74) is -0.0872. The van der Waals surface area contributed by atoms with Crippen LogP contribution in [0.4, 0.5) is 9.18 Å². The molecule has 1 aromatic carbocycles. The van der Waals surface area contributed by atoms with E-state index in [0.29, 0.717) is 5.56 Å². The van der Waals surface area contributed by atoms with Crippen LogP contribution in [0.2, 0.25) is 0 Å². The van der Waals surface area contributed by atoms with Crippen molar-refractivity contribution in [2.45, 2.75) is 38.8 Å². The van der Waals surface area contributed by atoms with E-state index in [-0.39, 0.29) is 6.42 Å². The summed E-state index contributed by atoms with van der Waals surface area (Å²) in [6.45, 7) is 5.23. The number of nitriles is 1. The summed E-state index contributed by atoms with van der Waals surface area (Å²) in [6.07, 6.45) is -0.583. The van der Waals surface area contributed by atoms with Crippen molar-refractivity contribution < 1.29 is 13.9 Å². The van der Waals surface area contributed by atoms with Crippen molar-refractivity contribution in [3.8, 4) is 6.07 Å². The van der Waals surface area contributed by atoms with Crippen LogP contribution in [0.3, 0.4) is 0 Å². The van der Waals surface area contributed by atoms with Gasteiger partial charge in [0.15, 0.2) is 0 Å². The molecule has 1 unspecified atom stereocenters. The van der Waals surface area contributed by atoms with Crippen LogP contribution in [0, 0.1) is 17.1 Å². The maximum Gasteiger partial charge on any atom is 0.408 e. The molecule has 19 heavy (non-hydrogen) atoms. The van der Waals surface area contributed by atoms with Crippen LogP contribution >= 0.6 is 0 Å². The molecular weight excluding hydrogens is 247 g/mol. The van der Waals surface area contributed by atoms with Crippen molar-refractivity contribution in [2.24, 2.45) is 0 Å². The lowest BCUT2D eigenvalue weighted by Crippen LogP contribution is -2.34. The zero-order valence-corrected chi connectivity index (χ0v) is 11.2. The van der Waals surface area contributed by atoms with Crippen LogP contribution in [0.1, 0.15) is 38.8 Å². The second-order valence-electron chi connectivity index (χ2n) is 5.12. The van der Waals surface area contributed by atoms with Crippen LogP contribution in [0.25, 0.3) is 0 Å². The number of nitrogens with zero attached hydrogens (tertiary/aromatic N) is 1. The molecule has 0 fully saturated rings. The number of ether oxygens (including phenoxy) is 1. The van der Waals surface area contributed by atoms with E-state index in [1.165, 1.54) is 18.2 Å². The summed E-state index contributed by atoms with van der Waals surface area (Å²) < 4.78 is 18.3. The number of nitrogens with one attached hydrogen (secondary N) is 1. The third kappa shape index (κ3) is 5.38. The van der Waals surface area contributed by atoms with Crippen molar-refractivity contribution in [1.82, 2.24) is 5.32 Å². The number of hydrogen-bond donors (Lipinski definition) is 1. The predicted octanol–water partition coefficient (Wildman–Crippen LogP) is 3.31. The number of halogens is 1. The van der Waals surface area contributed by atoms with Gasteiger partial charge in [0.1, 0.15) is 11.4 Å². The maximum atomic E-state index is 13.1. The van der Waals surface area contributed by atoms with Crippen molar-refractivity contribution >= 4 is 6.09 Å². The van der Waals surface area contributed by atoms with Crippen LogP contribution in [0.15, 0.2) is 24.3 Å². The van der Waals surface area contributed by atoms with Gasteiger partial charge in [-0.1, -0.05) is 12.1 Å². The van der Waals surface area contributed by atoms with Crippen LogP contribution < -0.4 is 5.32 Å². The first-order valence-electron chi connectivity index (χ1n) is 5.94. The van der Waals surface area contributed by atoms with Gasteiger partial charge in [-0.15, -0.1) is 0 Å². The van der Waals surface area contributed by atoms with E-state index in [2.05, 4.69) is 5.32 Å². The number of carbonyl (C=O) groups is 1. The summed E-state index contributed by atoms with van der Waals surface area (Å²) in [5.74, 6) is -0.411. The molecule has 102 valence electrons. The van der Waals surface area contributed by atoms with Gasteiger partial charge in [-0.3, -0.25) is 0 Å². The summed E-state index contributed by atoms with van der Waals surface area (Å²) in [7, 11) is 0. The summed E-state index contributed by atoms with van der Waals surface area (Å²) >= 11 is 0. The monoisotopic (exact) mass is 264 g/mol. The fourth-order valence-corrected chi connectivity index (χ4v) is 1.52. The lowest BCUT2D eigenvalue weighted by molar-refractivity contribution is 0.0504. The highest BCUT2D eigenvalue weighted by Gasteiger charge is 2.20. The lowest BCUT2D eigenvalue weighted by Gasteiger charge is -2.22. The molecule has 1 atom stereocenters. The lowest BCUT2D eigenvalue weighted by atomic mass is 10.0. The number of hydrogen-bond acceptors (Lipinski definition) is 3. The second kappa shape index (κ2) is 6.19. The van der Waals surface area contributed by atoms with Crippen molar-refractivity contribution in [3.63, 3.8) is 0 Å². The van der Waals surface area contributed by atoms with Crippen molar-refractivity contribution in [1.29, 1.82) is 5.26 Å². The Labute approximate surface area is 112 Å². The van der Waals surface area contributed by atoms with Gasteiger partial charge in [-0.05, 0) is 38.5 Å². The van der Waals surface area contributed by atoms with Gasteiger partial charge in [0.05, 0.1) is 18.5 Å². The van der Waals surface area contributed by atoms with Gasteiger partial charge < -0.3 is 10.1 Å². The molecule has 4 nitrogen and oxygen atoms in total. The van der Waals surface area contributed by atoms with E-state index in [1.807, 2.05) is 6.07 Å². The number of amides is 1. The van der Waals surface area contributed by atoms with Crippen molar-refractivity contribution in [2.75, 3.05) is 0 Å². The zero-order chi connectivity index (χ0) is 14.5. The molecule has 1 amide bonds. The van der Waals surface area contributed by atoms with Gasteiger partial charge in [0, 0.05) is 0 Å². The molecule has 1 rings (SSSR count). The van der Waals surface area contributed by atoms with E-state index in [9.17, 15) is 9.18 Å². The van der Waals surface area contributed by atoms with Gasteiger partial charge in [-0.2, -0.15) is 5.26 Å². The first-order chi connectivity index (χ1) is 8.81. The molecule has 0 aliphatic heterocycles. The Morgan fingerprint density at radius 1 is 1.53 bits per heavy atom. The van der Waals surface area contributed by atoms with Crippen molar-refractivity contribution in [3.05, 3.63) is 35.6 Å². The Kier molecular flexibility index (Phi) is 4.87. The first kappa shape index (κ1) is 15.0. The number of rotatable bonds is 3. The van der Waals surface area contributed by atoms with E-state index in [4.69, 9.17) is 10.00 Å². The minimum absolute atomic E-state index is 0.0443. The molecule has 0 aliphatic rings. The van der Waals surface area contributed by atoms with Crippen LogP contribution in [0.5, 0.6) is 0 Å². The molecule has 0 aliphatic carbocycles. The topological polar surface area (TPSA) is 62.1 Å². The largest absolute Gasteiger partial charge is 0.444 e. The summed E-state index contributed by atoms with van der Waals surface area (Å²) in [6, 6.07) is 7.16. The van der Waals surface area contributed by atoms with E-state index in [1.54, 1.807) is 26.8 Å². The van der Waals surface area contributed by atoms with Gasteiger partial charge >= 0.3 is 6.09 Å². The fourth-order valence-electron chi connectivity index (χ4n) is 1.52. The molecule has 0 saturated carbocycles. The molecule has 0 radical (unpaired) electrons. The third-order valence-corrected chi connectivity index (χ3v) is 2.24. The highest BCUT2D eigenvalue weighted by atomic mass is 19.1. The molecule has 5 heteroatoms. The minimum atomic E-state index is -0.628.